The first kappa shape index (κ1) is 29.3. The molecule has 1 aliphatic carbocycles. The minimum atomic E-state index is -0.0715. The van der Waals surface area contributed by atoms with Crippen molar-refractivity contribution < 1.29 is 9.47 Å². The number of hydrogen-bond acceptors (Lipinski definition) is 6. The molecule has 5 rings (SSSR count). The van der Waals surface area contributed by atoms with Crippen LogP contribution in [0.25, 0.3) is 28.1 Å². The number of fused-ring (bicyclic) bond motifs is 2. The maximum Gasteiger partial charge on any atom is 0.185 e. The van der Waals surface area contributed by atoms with Gasteiger partial charge in [-0.15, -0.1) is 0 Å². The standard InChI is InChI=1S/C31H31Cl2N7O2/c32-21-5-9-23(10-6-21)38-27-19-28-30(20-26(27)36-13-15-41-17-18-42-16-14-37-31(34)35)40(24-11-7-22(33)8-12-24)29-4-2-1-3-25(29)39-28/h1-12,19-20,38H,13-18H2,(H4,34,35,37)/b36-26-. The van der Waals surface area contributed by atoms with E-state index in [4.69, 9.17) is 53.8 Å². The number of nitrogens with zero attached hydrogens (tertiary/aromatic N) is 3. The molecule has 9 nitrogen and oxygen atoms in total. The summed E-state index contributed by atoms with van der Waals surface area (Å²) in [5.41, 5.74) is 11.5. The predicted molar refractivity (Wildman–Crippen MR) is 169 cm³/mol. The molecule has 42 heavy (non-hydrogen) atoms. The molecule has 0 bridgehead atoms. The second-order valence-corrected chi connectivity index (χ2v) is 10.2. The minimum absolute atomic E-state index is 0.0715. The molecule has 0 amide bonds. The Kier molecular flexibility index (Phi) is 9.89. The van der Waals surface area contributed by atoms with Crippen LogP contribution in [0.15, 0.2) is 89.9 Å². The van der Waals surface area contributed by atoms with Gasteiger partial charge in [-0.05, 0) is 72.8 Å². The molecule has 0 aromatic heterocycles. The van der Waals surface area contributed by atoms with Gasteiger partial charge >= 0.3 is 0 Å². The number of nitrogens with two attached hydrogens (primary N) is 1. The number of nitrogens with one attached hydrogen (secondary N) is 3. The van der Waals surface area contributed by atoms with Crippen LogP contribution >= 0.6 is 23.2 Å². The largest absolute Gasteiger partial charge is 0.377 e. The first-order chi connectivity index (χ1) is 20.5. The van der Waals surface area contributed by atoms with Gasteiger partial charge in [-0.3, -0.25) is 10.4 Å². The summed E-state index contributed by atoms with van der Waals surface area (Å²) in [6.07, 6.45) is 0. The van der Waals surface area contributed by atoms with Crippen molar-refractivity contribution >= 4 is 51.6 Å². The van der Waals surface area contributed by atoms with Gasteiger partial charge in [0.1, 0.15) is 0 Å². The van der Waals surface area contributed by atoms with E-state index in [1.165, 1.54) is 0 Å². The smallest absolute Gasteiger partial charge is 0.185 e. The zero-order valence-electron chi connectivity index (χ0n) is 22.8. The normalized spacial score (nSPS) is 11.7. The monoisotopic (exact) mass is 603 g/mol. The number of guanidine groups is 1. The average Bonchev–Trinajstić information content (AvgIpc) is 2.98. The van der Waals surface area contributed by atoms with Gasteiger partial charge in [0, 0.05) is 28.0 Å². The fourth-order valence-electron chi connectivity index (χ4n) is 4.44. The molecule has 0 fully saturated rings. The van der Waals surface area contributed by atoms with E-state index in [1.54, 1.807) is 0 Å². The van der Waals surface area contributed by atoms with Crippen LogP contribution in [0.2, 0.25) is 10.0 Å². The van der Waals surface area contributed by atoms with Crippen LogP contribution < -0.4 is 21.7 Å². The molecular weight excluding hydrogens is 573 g/mol. The van der Waals surface area contributed by atoms with Gasteiger partial charge in [0.25, 0.3) is 0 Å². The van der Waals surface area contributed by atoms with Crippen molar-refractivity contribution in [2.45, 2.75) is 0 Å². The molecule has 2 aliphatic rings. The van der Waals surface area contributed by atoms with Crippen LogP contribution in [-0.2, 0) is 9.47 Å². The summed E-state index contributed by atoms with van der Waals surface area (Å²) >= 11 is 12.3. The molecular formula is C31H31Cl2N7O2. The highest BCUT2D eigenvalue weighted by Crippen LogP contribution is 2.31. The van der Waals surface area contributed by atoms with Crippen molar-refractivity contribution in [1.29, 1.82) is 5.41 Å². The molecule has 0 radical (unpaired) electrons. The van der Waals surface area contributed by atoms with Crippen molar-refractivity contribution in [2.24, 2.45) is 10.7 Å². The molecule has 11 heteroatoms. The summed E-state index contributed by atoms with van der Waals surface area (Å²) in [4.78, 5) is 9.89. The molecule has 0 unspecified atom stereocenters. The molecule has 3 aromatic carbocycles. The zero-order chi connectivity index (χ0) is 29.3. The fourth-order valence-corrected chi connectivity index (χ4v) is 4.69. The molecule has 0 spiro atoms. The summed E-state index contributed by atoms with van der Waals surface area (Å²) in [5, 5.41) is 15.4. The zero-order valence-corrected chi connectivity index (χ0v) is 24.3. The van der Waals surface area contributed by atoms with Crippen LogP contribution in [-0.4, -0.2) is 55.0 Å². The summed E-state index contributed by atoms with van der Waals surface area (Å²) in [6, 6.07) is 27.4. The topological polar surface area (TPSA) is 123 Å². The quantitative estimate of drug-likeness (QED) is 0.0637. The van der Waals surface area contributed by atoms with E-state index in [9.17, 15) is 0 Å². The Morgan fingerprint density at radius 3 is 2.31 bits per heavy atom. The highest BCUT2D eigenvalue weighted by Gasteiger charge is 2.16. The van der Waals surface area contributed by atoms with E-state index in [1.807, 2.05) is 78.9 Å². The molecule has 0 saturated carbocycles. The van der Waals surface area contributed by atoms with E-state index in [0.29, 0.717) is 49.6 Å². The summed E-state index contributed by atoms with van der Waals surface area (Å²) in [5.74, 6) is -0.0715. The Bertz CT molecular complexity index is 1690. The van der Waals surface area contributed by atoms with Gasteiger partial charge in [0.15, 0.2) is 5.96 Å². The van der Waals surface area contributed by atoms with Crippen molar-refractivity contribution in [2.75, 3.05) is 44.8 Å². The summed E-state index contributed by atoms with van der Waals surface area (Å²) in [7, 11) is 0. The number of ether oxygens (including phenoxy) is 2. The number of aromatic nitrogens is 2. The van der Waals surface area contributed by atoms with Crippen molar-refractivity contribution in [3.63, 3.8) is 0 Å². The van der Waals surface area contributed by atoms with Gasteiger partial charge < -0.3 is 30.4 Å². The van der Waals surface area contributed by atoms with Gasteiger partial charge in [0.2, 0.25) is 0 Å². The van der Waals surface area contributed by atoms with Crippen LogP contribution in [0.3, 0.4) is 0 Å². The molecule has 1 aliphatic heterocycles. The maximum absolute atomic E-state index is 7.14. The Morgan fingerprint density at radius 2 is 1.57 bits per heavy atom. The third-order valence-corrected chi connectivity index (χ3v) is 6.86. The van der Waals surface area contributed by atoms with Crippen LogP contribution in [0, 0.1) is 5.41 Å². The van der Waals surface area contributed by atoms with E-state index in [-0.39, 0.29) is 5.96 Å². The lowest BCUT2D eigenvalue weighted by Crippen LogP contribution is -2.33. The Balaban J connectivity index is 1.46. The first-order valence-corrected chi connectivity index (χ1v) is 14.2. The SMILES string of the molecule is N=C(N)NCCOCCOCC/N=c1/cc2n(-c3ccc(Cl)cc3)c3ccccc3nc-2cc1Nc1ccc(Cl)cc1. The average molecular weight is 605 g/mol. The molecule has 3 aromatic rings. The van der Waals surface area contributed by atoms with E-state index >= 15 is 0 Å². The number of benzene rings is 4. The van der Waals surface area contributed by atoms with Crippen LogP contribution in [0.5, 0.6) is 0 Å². The first-order valence-electron chi connectivity index (χ1n) is 13.5. The second kappa shape index (κ2) is 14.2. The molecule has 1 heterocycles. The maximum atomic E-state index is 7.14. The number of halogens is 2. The predicted octanol–water partition coefficient (Wildman–Crippen LogP) is 5.60. The minimum Gasteiger partial charge on any atom is -0.377 e. The van der Waals surface area contributed by atoms with Crippen LogP contribution in [0.4, 0.5) is 11.4 Å². The number of hydrogen-bond donors (Lipinski definition) is 4. The number of para-hydroxylation sites is 2. The summed E-state index contributed by atoms with van der Waals surface area (Å²) < 4.78 is 13.4. The molecule has 0 atom stereocenters. The molecule has 216 valence electrons. The second-order valence-electron chi connectivity index (χ2n) is 9.35. The summed E-state index contributed by atoms with van der Waals surface area (Å²) in [6.45, 7) is 2.69. The van der Waals surface area contributed by atoms with E-state index in [2.05, 4.69) is 21.3 Å². The molecule has 5 N–H and O–H groups in total. The van der Waals surface area contributed by atoms with Crippen molar-refractivity contribution in [1.82, 2.24) is 14.9 Å². The van der Waals surface area contributed by atoms with Gasteiger partial charge in [-0.25, -0.2) is 4.98 Å². The lowest BCUT2D eigenvalue weighted by molar-refractivity contribution is 0.0528. The number of rotatable bonds is 12. The molecule has 0 saturated heterocycles. The Morgan fingerprint density at radius 1 is 0.881 bits per heavy atom. The van der Waals surface area contributed by atoms with Gasteiger partial charge in [-0.1, -0.05) is 35.3 Å². The van der Waals surface area contributed by atoms with Crippen LogP contribution in [0.1, 0.15) is 0 Å². The highest BCUT2D eigenvalue weighted by atomic mass is 35.5. The van der Waals surface area contributed by atoms with Crippen molar-refractivity contribution in [3.05, 3.63) is 100 Å². The Labute approximate surface area is 253 Å². The fraction of sp³-hybridized carbons (Fsp3) is 0.194. The lowest BCUT2D eigenvalue weighted by atomic mass is 10.1. The van der Waals surface area contributed by atoms with E-state index < -0.39 is 0 Å². The highest BCUT2D eigenvalue weighted by molar-refractivity contribution is 6.30. The number of anilines is 2. The van der Waals surface area contributed by atoms with Crippen molar-refractivity contribution in [3.8, 4) is 17.1 Å². The third kappa shape index (κ3) is 7.57. The third-order valence-electron chi connectivity index (χ3n) is 6.36. The lowest BCUT2D eigenvalue weighted by Gasteiger charge is -2.20. The van der Waals surface area contributed by atoms with E-state index in [0.717, 1.165) is 44.8 Å². The van der Waals surface area contributed by atoms with Gasteiger partial charge in [-0.2, -0.15) is 0 Å². The Hall–Kier alpha value is -4.15. The van der Waals surface area contributed by atoms with Gasteiger partial charge in [0.05, 0.1) is 66.4 Å².